The van der Waals surface area contributed by atoms with Gasteiger partial charge in [-0.15, -0.1) is 11.6 Å². The quantitative estimate of drug-likeness (QED) is 0.545. The van der Waals surface area contributed by atoms with Gasteiger partial charge in [-0.05, 0) is 72.4 Å². The molecule has 1 aromatic carbocycles. The number of hydrogen-bond donors (Lipinski definition) is 0. The maximum Gasteiger partial charge on any atom is 0.148 e. The van der Waals surface area contributed by atoms with Gasteiger partial charge in [-0.2, -0.15) is 5.10 Å². The van der Waals surface area contributed by atoms with Crippen LogP contribution in [0.3, 0.4) is 0 Å². The molecule has 1 aromatic heterocycles. The molecular formula is C13H12Br3ClN2O. The van der Waals surface area contributed by atoms with Crippen molar-refractivity contribution in [1.29, 1.82) is 0 Å². The predicted octanol–water partition coefficient (Wildman–Crippen LogP) is 5.33. The van der Waals surface area contributed by atoms with Crippen LogP contribution in [0.1, 0.15) is 17.0 Å². The van der Waals surface area contributed by atoms with Gasteiger partial charge in [-0.25, -0.2) is 0 Å². The Morgan fingerprint density at radius 3 is 2.30 bits per heavy atom. The summed E-state index contributed by atoms with van der Waals surface area (Å²) in [5.74, 6) is 1.22. The number of aryl methyl sites for hydroxylation is 2. The second-order valence-electron chi connectivity index (χ2n) is 4.28. The van der Waals surface area contributed by atoms with Crippen molar-refractivity contribution in [2.75, 3.05) is 0 Å². The average Bonchev–Trinajstić information content (AvgIpc) is 2.63. The lowest BCUT2D eigenvalue weighted by molar-refractivity contribution is 0.290. The van der Waals surface area contributed by atoms with Gasteiger partial charge in [-0.1, -0.05) is 0 Å². The lowest BCUT2D eigenvalue weighted by atomic mass is 10.2. The van der Waals surface area contributed by atoms with E-state index in [2.05, 4.69) is 52.9 Å². The molecule has 0 aliphatic rings. The fraction of sp³-hybridized carbons (Fsp3) is 0.308. The molecule has 0 amide bonds. The summed E-state index contributed by atoms with van der Waals surface area (Å²) in [5.41, 5.74) is 2.96. The molecule has 0 bridgehead atoms. The van der Waals surface area contributed by atoms with Crippen molar-refractivity contribution in [2.45, 2.75) is 19.4 Å². The second-order valence-corrected chi connectivity index (χ2v) is 7.05. The third-order valence-electron chi connectivity index (χ3n) is 2.83. The standard InChI is InChI=1S/C13H12Br3ClN2O/c1-7-12(16)11(19(2)18-7)6-20-13-9(14)3-8(5-17)4-10(13)15/h3-4H,5-6H2,1-2H3. The molecule has 3 nitrogen and oxygen atoms in total. The maximum atomic E-state index is 5.90. The fourth-order valence-corrected chi connectivity index (χ4v) is 3.92. The van der Waals surface area contributed by atoms with Crippen LogP contribution in [0.25, 0.3) is 0 Å². The molecule has 20 heavy (non-hydrogen) atoms. The van der Waals surface area contributed by atoms with Gasteiger partial charge in [0.05, 0.1) is 24.8 Å². The van der Waals surface area contributed by atoms with Crippen molar-refractivity contribution < 1.29 is 4.74 Å². The van der Waals surface area contributed by atoms with Crippen LogP contribution >= 0.6 is 59.4 Å². The van der Waals surface area contributed by atoms with Crippen molar-refractivity contribution >= 4 is 59.4 Å². The summed E-state index contributed by atoms with van der Waals surface area (Å²) in [6.07, 6.45) is 0. The van der Waals surface area contributed by atoms with Crippen molar-refractivity contribution in [3.63, 3.8) is 0 Å². The van der Waals surface area contributed by atoms with Crippen LogP contribution in [-0.4, -0.2) is 9.78 Å². The Morgan fingerprint density at radius 1 is 1.25 bits per heavy atom. The Hall–Kier alpha value is -0.0400. The van der Waals surface area contributed by atoms with Gasteiger partial charge in [0.1, 0.15) is 12.4 Å². The molecule has 2 rings (SSSR count). The number of benzene rings is 1. The minimum Gasteiger partial charge on any atom is -0.485 e. The van der Waals surface area contributed by atoms with Crippen LogP contribution in [0, 0.1) is 6.92 Å². The van der Waals surface area contributed by atoms with E-state index < -0.39 is 0 Å². The van der Waals surface area contributed by atoms with E-state index in [0.717, 1.165) is 36.1 Å². The van der Waals surface area contributed by atoms with Crippen LogP contribution in [0.2, 0.25) is 0 Å². The highest BCUT2D eigenvalue weighted by Crippen LogP contribution is 2.36. The highest BCUT2D eigenvalue weighted by atomic mass is 79.9. The topological polar surface area (TPSA) is 27.1 Å². The first-order valence-corrected chi connectivity index (χ1v) is 8.70. The van der Waals surface area contributed by atoms with E-state index in [-0.39, 0.29) is 0 Å². The summed E-state index contributed by atoms with van der Waals surface area (Å²) in [6, 6.07) is 3.91. The summed E-state index contributed by atoms with van der Waals surface area (Å²) in [4.78, 5) is 0. The first-order chi connectivity index (χ1) is 9.43. The molecule has 0 aliphatic carbocycles. The first-order valence-electron chi connectivity index (χ1n) is 5.78. The van der Waals surface area contributed by atoms with E-state index in [4.69, 9.17) is 16.3 Å². The molecule has 1 heterocycles. The summed E-state index contributed by atoms with van der Waals surface area (Å²) >= 11 is 16.4. The largest absolute Gasteiger partial charge is 0.485 e. The van der Waals surface area contributed by atoms with Crippen LogP contribution in [0.15, 0.2) is 25.6 Å². The van der Waals surface area contributed by atoms with E-state index in [9.17, 15) is 0 Å². The summed E-state index contributed by atoms with van der Waals surface area (Å²) in [6.45, 7) is 2.38. The van der Waals surface area contributed by atoms with Crippen molar-refractivity contribution in [1.82, 2.24) is 9.78 Å². The molecule has 0 N–H and O–H groups in total. The zero-order chi connectivity index (χ0) is 14.9. The summed E-state index contributed by atoms with van der Waals surface area (Å²) in [7, 11) is 1.90. The molecular weight excluding hydrogens is 475 g/mol. The molecule has 7 heteroatoms. The molecule has 108 valence electrons. The van der Waals surface area contributed by atoms with Crippen LogP contribution in [-0.2, 0) is 19.5 Å². The monoisotopic (exact) mass is 484 g/mol. The highest BCUT2D eigenvalue weighted by molar-refractivity contribution is 9.11. The van der Waals surface area contributed by atoms with Gasteiger partial charge in [-0.3, -0.25) is 4.68 Å². The van der Waals surface area contributed by atoms with E-state index in [1.54, 1.807) is 0 Å². The lowest BCUT2D eigenvalue weighted by Gasteiger charge is -2.12. The number of rotatable bonds is 4. The minimum absolute atomic E-state index is 0.426. The summed E-state index contributed by atoms with van der Waals surface area (Å²) < 4.78 is 10.4. The number of aromatic nitrogens is 2. The zero-order valence-corrected chi connectivity index (χ0v) is 16.4. The number of hydrogen-bond acceptors (Lipinski definition) is 2. The van der Waals surface area contributed by atoms with Gasteiger partial charge in [0.2, 0.25) is 0 Å². The lowest BCUT2D eigenvalue weighted by Crippen LogP contribution is -2.04. The second kappa shape index (κ2) is 6.81. The molecule has 0 aliphatic heterocycles. The van der Waals surface area contributed by atoms with E-state index in [1.807, 2.05) is 30.8 Å². The average molecular weight is 487 g/mol. The highest BCUT2D eigenvalue weighted by Gasteiger charge is 2.14. The van der Waals surface area contributed by atoms with Gasteiger partial charge in [0.25, 0.3) is 0 Å². The fourth-order valence-electron chi connectivity index (χ4n) is 1.80. The predicted molar refractivity (Wildman–Crippen MR) is 91.4 cm³/mol. The van der Waals surface area contributed by atoms with Crippen molar-refractivity contribution in [2.24, 2.45) is 7.05 Å². The van der Waals surface area contributed by atoms with Gasteiger partial charge < -0.3 is 4.74 Å². The van der Waals surface area contributed by atoms with Gasteiger partial charge in [0.15, 0.2) is 0 Å². The van der Waals surface area contributed by atoms with E-state index in [0.29, 0.717) is 12.5 Å². The molecule has 2 aromatic rings. The zero-order valence-electron chi connectivity index (χ0n) is 10.9. The number of halogens is 4. The number of nitrogens with zero attached hydrogens (tertiary/aromatic N) is 2. The number of ether oxygens (including phenoxy) is 1. The van der Waals surface area contributed by atoms with Crippen molar-refractivity contribution in [3.8, 4) is 5.75 Å². The Bertz CT molecular complexity index is 620. The molecule has 0 fully saturated rings. The summed E-state index contributed by atoms with van der Waals surface area (Å²) in [5, 5.41) is 4.34. The Morgan fingerprint density at radius 2 is 1.85 bits per heavy atom. The SMILES string of the molecule is Cc1nn(C)c(COc2c(Br)cc(CCl)cc2Br)c1Br. The van der Waals surface area contributed by atoms with Crippen LogP contribution < -0.4 is 4.74 Å². The maximum absolute atomic E-state index is 5.90. The normalized spacial score (nSPS) is 10.9. The number of alkyl halides is 1. The Kier molecular flexibility index (Phi) is 5.56. The molecule has 0 saturated carbocycles. The Balaban J connectivity index is 2.23. The Labute approximate surface area is 148 Å². The molecule has 0 saturated heterocycles. The van der Waals surface area contributed by atoms with Crippen LogP contribution in [0.4, 0.5) is 0 Å². The van der Waals surface area contributed by atoms with E-state index in [1.165, 1.54) is 0 Å². The van der Waals surface area contributed by atoms with Crippen LogP contribution in [0.5, 0.6) is 5.75 Å². The van der Waals surface area contributed by atoms with Crippen molar-refractivity contribution in [3.05, 3.63) is 42.5 Å². The van der Waals surface area contributed by atoms with Gasteiger partial charge >= 0.3 is 0 Å². The van der Waals surface area contributed by atoms with E-state index >= 15 is 0 Å². The minimum atomic E-state index is 0.426. The molecule has 0 spiro atoms. The third kappa shape index (κ3) is 3.40. The third-order valence-corrected chi connectivity index (χ3v) is 5.35. The smallest absolute Gasteiger partial charge is 0.148 e. The first kappa shape index (κ1) is 16.3. The van der Waals surface area contributed by atoms with Gasteiger partial charge in [0, 0.05) is 12.9 Å². The molecule has 0 atom stereocenters. The molecule has 0 unspecified atom stereocenters. The molecule has 0 radical (unpaired) electrons.